The monoisotopic (exact) mass is 283 g/mol. The van der Waals surface area contributed by atoms with Gasteiger partial charge in [0.2, 0.25) is 10.0 Å². The zero-order valence-corrected chi connectivity index (χ0v) is 12.7. The zero-order chi connectivity index (χ0) is 13.5. The Labute approximate surface area is 109 Å². The van der Waals surface area contributed by atoms with Crippen LogP contribution in [0.3, 0.4) is 0 Å². The molecule has 1 aliphatic heterocycles. The van der Waals surface area contributed by atoms with Crippen molar-refractivity contribution in [3.8, 4) is 0 Å². The normalized spacial score (nSPS) is 27.1. The molecule has 0 bridgehead atoms. The van der Waals surface area contributed by atoms with Crippen LogP contribution in [0.1, 0.15) is 34.6 Å². The molecule has 1 atom stereocenters. The van der Waals surface area contributed by atoms with Crippen molar-refractivity contribution in [2.75, 3.05) is 19.0 Å². The number of alkyl halides is 1. The molecule has 0 radical (unpaired) electrons. The Kier molecular flexibility index (Phi) is 4.19. The van der Waals surface area contributed by atoms with E-state index in [1.807, 2.05) is 13.8 Å². The fourth-order valence-corrected chi connectivity index (χ4v) is 3.67. The molecular formula is C11H22ClNO3S. The maximum absolute atomic E-state index is 12.4. The van der Waals surface area contributed by atoms with Crippen molar-refractivity contribution in [3.63, 3.8) is 0 Å². The molecule has 1 aliphatic rings. The molecule has 17 heavy (non-hydrogen) atoms. The summed E-state index contributed by atoms with van der Waals surface area (Å²) >= 11 is 5.79. The molecule has 4 nitrogen and oxygen atoms in total. The van der Waals surface area contributed by atoms with Crippen molar-refractivity contribution in [1.29, 1.82) is 0 Å². The molecule has 1 heterocycles. The van der Waals surface area contributed by atoms with Crippen molar-refractivity contribution >= 4 is 21.6 Å². The first-order chi connectivity index (χ1) is 7.49. The van der Waals surface area contributed by atoms with Gasteiger partial charge in [0.15, 0.2) is 0 Å². The maximum Gasteiger partial charge on any atom is 0.219 e. The third-order valence-corrected chi connectivity index (χ3v) is 5.59. The Bertz CT molecular complexity index is 373. The Morgan fingerprint density at radius 3 is 2.35 bits per heavy atom. The summed E-state index contributed by atoms with van der Waals surface area (Å²) in [7, 11) is -3.32. The van der Waals surface area contributed by atoms with E-state index in [1.54, 1.807) is 20.8 Å². The SMILES string of the molecule is CC1(C)CN(S(=O)(=O)C(C)(C)C)CC(CCl)O1. The highest BCUT2D eigenvalue weighted by Crippen LogP contribution is 2.28. The second-order valence-corrected chi connectivity index (χ2v) is 9.06. The molecule has 0 aromatic carbocycles. The molecule has 0 aliphatic carbocycles. The molecular weight excluding hydrogens is 262 g/mol. The Morgan fingerprint density at radius 1 is 1.41 bits per heavy atom. The summed E-state index contributed by atoms with van der Waals surface area (Å²) < 4.78 is 31.2. The number of nitrogens with zero attached hydrogens (tertiary/aromatic N) is 1. The largest absolute Gasteiger partial charge is 0.368 e. The van der Waals surface area contributed by atoms with Gasteiger partial charge in [0.05, 0.1) is 16.5 Å². The van der Waals surface area contributed by atoms with Crippen LogP contribution in [0.5, 0.6) is 0 Å². The minimum Gasteiger partial charge on any atom is -0.368 e. The number of hydrogen-bond donors (Lipinski definition) is 0. The van der Waals surface area contributed by atoms with Crippen LogP contribution in [0, 0.1) is 0 Å². The second kappa shape index (κ2) is 4.68. The minimum absolute atomic E-state index is 0.238. The van der Waals surface area contributed by atoms with Gasteiger partial charge in [-0.3, -0.25) is 0 Å². The lowest BCUT2D eigenvalue weighted by Gasteiger charge is -2.43. The topological polar surface area (TPSA) is 46.6 Å². The van der Waals surface area contributed by atoms with E-state index in [2.05, 4.69) is 0 Å². The molecule has 0 aromatic heterocycles. The minimum atomic E-state index is -3.32. The molecule has 0 amide bonds. The second-order valence-electron chi connectivity index (χ2n) is 6.06. The number of sulfonamides is 1. The highest BCUT2D eigenvalue weighted by Gasteiger charge is 2.43. The summed E-state index contributed by atoms with van der Waals surface area (Å²) in [6.45, 7) is 9.61. The van der Waals surface area contributed by atoms with Gasteiger partial charge in [0.25, 0.3) is 0 Å². The van der Waals surface area contributed by atoms with Crippen LogP contribution in [0.4, 0.5) is 0 Å². The molecule has 0 saturated carbocycles. The van der Waals surface area contributed by atoms with Gasteiger partial charge in [-0.2, -0.15) is 4.31 Å². The van der Waals surface area contributed by atoms with Crippen LogP contribution in [0.25, 0.3) is 0 Å². The summed E-state index contributed by atoms with van der Waals surface area (Å²) in [6.07, 6.45) is -0.238. The van der Waals surface area contributed by atoms with E-state index < -0.39 is 20.4 Å². The van der Waals surface area contributed by atoms with Gasteiger partial charge in [-0.15, -0.1) is 11.6 Å². The van der Waals surface area contributed by atoms with Gasteiger partial charge in [-0.05, 0) is 34.6 Å². The lowest BCUT2D eigenvalue weighted by atomic mass is 10.1. The molecule has 1 unspecified atom stereocenters. The van der Waals surface area contributed by atoms with Gasteiger partial charge >= 0.3 is 0 Å². The lowest BCUT2D eigenvalue weighted by molar-refractivity contribution is -0.108. The quantitative estimate of drug-likeness (QED) is 0.727. The van der Waals surface area contributed by atoms with Crippen molar-refractivity contribution in [1.82, 2.24) is 4.31 Å². The van der Waals surface area contributed by atoms with E-state index >= 15 is 0 Å². The smallest absolute Gasteiger partial charge is 0.219 e. The van der Waals surface area contributed by atoms with Crippen molar-refractivity contribution in [2.45, 2.75) is 51.1 Å². The molecule has 6 heteroatoms. The van der Waals surface area contributed by atoms with Crippen molar-refractivity contribution < 1.29 is 13.2 Å². The summed E-state index contributed by atoms with van der Waals surface area (Å²) in [4.78, 5) is 0. The Balaban J connectivity index is 2.99. The first-order valence-corrected chi connectivity index (χ1v) is 7.70. The molecule has 0 N–H and O–H groups in total. The van der Waals surface area contributed by atoms with Crippen LogP contribution < -0.4 is 0 Å². The first-order valence-electron chi connectivity index (χ1n) is 5.73. The van der Waals surface area contributed by atoms with E-state index in [1.165, 1.54) is 4.31 Å². The van der Waals surface area contributed by atoms with E-state index in [9.17, 15) is 8.42 Å². The van der Waals surface area contributed by atoms with Gasteiger partial charge in [0, 0.05) is 19.0 Å². The zero-order valence-electron chi connectivity index (χ0n) is 11.2. The molecule has 102 valence electrons. The van der Waals surface area contributed by atoms with Crippen LogP contribution >= 0.6 is 11.6 Å². The van der Waals surface area contributed by atoms with Gasteiger partial charge in [0.1, 0.15) is 0 Å². The van der Waals surface area contributed by atoms with Crippen molar-refractivity contribution in [2.24, 2.45) is 0 Å². The van der Waals surface area contributed by atoms with Gasteiger partial charge in [-0.1, -0.05) is 0 Å². The van der Waals surface area contributed by atoms with E-state index in [0.717, 1.165) is 0 Å². The fraction of sp³-hybridized carbons (Fsp3) is 1.00. The predicted molar refractivity (Wildman–Crippen MR) is 69.9 cm³/mol. The Morgan fingerprint density at radius 2 is 1.94 bits per heavy atom. The summed E-state index contributed by atoms with van der Waals surface area (Å²) in [5, 5.41) is 0. The number of halogens is 1. The highest BCUT2D eigenvalue weighted by molar-refractivity contribution is 7.90. The molecule has 1 saturated heterocycles. The maximum atomic E-state index is 12.4. The third-order valence-electron chi connectivity index (χ3n) is 2.74. The number of hydrogen-bond acceptors (Lipinski definition) is 3. The van der Waals surface area contributed by atoms with Crippen LogP contribution in [-0.2, 0) is 14.8 Å². The average Bonchev–Trinajstić information content (AvgIpc) is 2.13. The van der Waals surface area contributed by atoms with Crippen LogP contribution in [0.2, 0.25) is 0 Å². The summed E-state index contributed by atoms with van der Waals surface area (Å²) in [6, 6.07) is 0. The van der Waals surface area contributed by atoms with Crippen molar-refractivity contribution in [3.05, 3.63) is 0 Å². The van der Waals surface area contributed by atoms with Gasteiger partial charge < -0.3 is 4.74 Å². The first kappa shape index (κ1) is 15.2. The predicted octanol–water partition coefficient (Wildman–Crippen LogP) is 1.83. The fourth-order valence-electron chi connectivity index (χ4n) is 1.89. The number of ether oxygens (including phenoxy) is 1. The summed E-state index contributed by atoms with van der Waals surface area (Å²) in [5.41, 5.74) is -0.490. The van der Waals surface area contributed by atoms with E-state index in [-0.39, 0.29) is 6.10 Å². The lowest BCUT2D eigenvalue weighted by Crippen LogP contribution is -2.57. The molecule has 1 rings (SSSR count). The molecule has 0 spiro atoms. The average molecular weight is 284 g/mol. The number of rotatable bonds is 2. The highest BCUT2D eigenvalue weighted by atomic mass is 35.5. The third kappa shape index (κ3) is 3.34. The van der Waals surface area contributed by atoms with Crippen LogP contribution in [-0.4, -0.2) is 48.1 Å². The van der Waals surface area contributed by atoms with Gasteiger partial charge in [-0.25, -0.2) is 8.42 Å². The standard InChI is InChI=1S/C11H22ClNO3S/c1-10(2,3)17(14,15)13-7-9(6-12)16-11(4,5)8-13/h9H,6-8H2,1-5H3. The Hall–Kier alpha value is 0.160. The van der Waals surface area contributed by atoms with E-state index in [0.29, 0.717) is 19.0 Å². The molecule has 0 aromatic rings. The molecule has 1 fully saturated rings. The van der Waals surface area contributed by atoms with Crippen LogP contribution in [0.15, 0.2) is 0 Å². The summed E-state index contributed by atoms with van der Waals surface area (Å²) in [5.74, 6) is 0.305. The van der Waals surface area contributed by atoms with E-state index in [4.69, 9.17) is 16.3 Å². The number of morpholine rings is 1.